The molecule has 0 radical (unpaired) electrons. The Labute approximate surface area is 197 Å². The molecule has 2 fully saturated rings. The minimum atomic E-state index is 0. The highest BCUT2D eigenvalue weighted by Gasteiger charge is 2.39. The molecule has 168 valence electrons. The van der Waals surface area contributed by atoms with E-state index in [4.69, 9.17) is 14.2 Å². The minimum Gasteiger partial charge on any atom is -0.486 e. The predicted octanol–water partition coefficient (Wildman–Crippen LogP) is 2.73. The zero-order chi connectivity index (χ0) is 20.1. The third kappa shape index (κ3) is 5.31. The Morgan fingerprint density at radius 1 is 1.10 bits per heavy atom. The number of rotatable bonds is 5. The summed E-state index contributed by atoms with van der Waals surface area (Å²) < 4.78 is 17.0. The van der Waals surface area contributed by atoms with E-state index < -0.39 is 0 Å². The fraction of sp³-hybridized carbons (Fsp3) is 0.682. The Morgan fingerprint density at radius 3 is 2.50 bits per heavy atom. The van der Waals surface area contributed by atoms with E-state index in [1.807, 2.05) is 13.1 Å². The lowest BCUT2D eigenvalue weighted by Crippen LogP contribution is -2.58. The second-order valence-electron chi connectivity index (χ2n) is 8.27. The second-order valence-corrected chi connectivity index (χ2v) is 8.27. The van der Waals surface area contributed by atoms with Gasteiger partial charge in [-0.1, -0.05) is 6.07 Å². The number of fused-ring (bicyclic) bond motifs is 1. The third-order valence-electron chi connectivity index (χ3n) is 6.38. The summed E-state index contributed by atoms with van der Waals surface area (Å²) in [6.45, 7) is 7.00. The SMILES string of the molecule is CN=C(NCC1(N2CCCC2)CCOCC1)N(C)Cc1ccc2c(c1)OCCO2.I. The Morgan fingerprint density at radius 2 is 1.80 bits per heavy atom. The van der Waals surface area contributed by atoms with Crippen LogP contribution >= 0.6 is 24.0 Å². The van der Waals surface area contributed by atoms with Crippen LogP contribution in [0.15, 0.2) is 23.2 Å². The number of aliphatic imine (C=N–C) groups is 1. The Balaban J connectivity index is 0.00000256. The molecule has 0 amide bonds. The van der Waals surface area contributed by atoms with Gasteiger partial charge in [0.2, 0.25) is 0 Å². The molecule has 1 aromatic rings. The highest BCUT2D eigenvalue weighted by Crippen LogP contribution is 2.32. The van der Waals surface area contributed by atoms with Crippen LogP contribution in [0.1, 0.15) is 31.2 Å². The quantitative estimate of drug-likeness (QED) is 0.359. The van der Waals surface area contributed by atoms with Crippen molar-refractivity contribution in [2.75, 3.05) is 60.2 Å². The van der Waals surface area contributed by atoms with Gasteiger partial charge in [0.05, 0.1) is 0 Å². The van der Waals surface area contributed by atoms with Gasteiger partial charge in [0.25, 0.3) is 0 Å². The van der Waals surface area contributed by atoms with Crippen LogP contribution in [-0.2, 0) is 11.3 Å². The Kier molecular flexibility index (Phi) is 8.47. The van der Waals surface area contributed by atoms with E-state index in [0.29, 0.717) is 13.2 Å². The molecule has 0 saturated carbocycles. The molecule has 1 aromatic carbocycles. The first-order chi connectivity index (χ1) is 14.2. The van der Waals surface area contributed by atoms with E-state index in [9.17, 15) is 0 Å². The first-order valence-electron chi connectivity index (χ1n) is 10.8. The van der Waals surface area contributed by atoms with Crippen molar-refractivity contribution >= 4 is 29.9 Å². The molecule has 1 N–H and O–H groups in total. The smallest absolute Gasteiger partial charge is 0.193 e. The fourth-order valence-electron chi connectivity index (χ4n) is 4.71. The zero-order valence-corrected chi connectivity index (χ0v) is 20.5. The molecule has 0 bridgehead atoms. The van der Waals surface area contributed by atoms with E-state index >= 15 is 0 Å². The molecule has 2 saturated heterocycles. The first kappa shape index (κ1) is 23.4. The monoisotopic (exact) mass is 530 g/mol. The van der Waals surface area contributed by atoms with Crippen LogP contribution in [0.5, 0.6) is 11.5 Å². The maximum atomic E-state index is 5.72. The fourth-order valence-corrected chi connectivity index (χ4v) is 4.71. The van der Waals surface area contributed by atoms with Crippen molar-refractivity contribution in [1.82, 2.24) is 15.1 Å². The average molecular weight is 530 g/mol. The van der Waals surface area contributed by atoms with Crippen LogP contribution in [0, 0.1) is 0 Å². The Bertz CT molecular complexity index is 718. The Hall–Kier alpha value is -1.26. The molecule has 0 spiro atoms. The van der Waals surface area contributed by atoms with Crippen LogP contribution < -0.4 is 14.8 Å². The largest absolute Gasteiger partial charge is 0.486 e. The van der Waals surface area contributed by atoms with Gasteiger partial charge < -0.3 is 24.4 Å². The third-order valence-corrected chi connectivity index (χ3v) is 6.38. The zero-order valence-electron chi connectivity index (χ0n) is 18.2. The van der Waals surface area contributed by atoms with E-state index in [1.165, 1.54) is 31.5 Å². The lowest BCUT2D eigenvalue weighted by molar-refractivity contribution is -0.0166. The summed E-state index contributed by atoms with van der Waals surface area (Å²) in [6.07, 6.45) is 4.79. The van der Waals surface area contributed by atoms with Gasteiger partial charge in [-0.3, -0.25) is 9.89 Å². The molecule has 0 aliphatic carbocycles. The van der Waals surface area contributed by atoms with Crippen LogP contribution in [0.2, 0.25) is 0 Å². The van der Waals surface area contributed by atoms with Crippen molar-refractivity contribution in [3.05, 3.63) is 23.8 Å². The molecular formula is C22H35IN4O3. The highest BCUT2D eigenvalue weighted by molar-refractivity contribution is 14.0. The van der Waals surface area contributed by atoms with Gasteiger partial charge in [0.15, 0.2) is 17.5 Å². The molecule has 0 atom stereocenters. The van der Waals surface area contributed by atoms with E-state index in [0.717, 1.165) is 56.6 Å². The molecule has 8 heteroatoms. The molecule has 0 aromatic heterocycles. The summed E-state index contributed by atoms with van der Waals surface area (Å²) in [5.74, 6) is 2.59. The van der Waals surface area contributed by atoms with Crippen LogP contribution in [-0.4, -0.2) is 81.5 Å². The summed E-state index contributed by atoms with van der Waals surface area (Å²) in [5.41, 5.74) is 1.36. The van der Waals surface area contributed by atoms with Gasteiger partial charge in [-0.2, -0.15) is 0 Å². The maximum absolute atomic E-state index is 5.72. The number of hydrogen-bond donors (Lipinski definition) is 1. The summed E-state index contributed by atoms with van der Waals surface area (Å²) >= 11 is 0. The topological polar surface area (TPSA) is 58.6 Å². The molecule has 7 nitrogen and oxygen atoms in total. The highest BCUT2D eigenvalue weighted by atomic mass is 127. The second kappa shape index (κ2) is 10.9. The van der Waals surface area contributed by atoms with E-state index in [-0.39, 0.29) is 29.5 Å². The number of ether oxygens (including phenoxy) is 3. The summed E-state index contributed by atoms with van der Waals surface area (Å²) in [4.78, 5) is 9.39. The average Bonchev–Trinajstić information content (AvgIpc) is 3.30. The minimum absolute atomic E-state index is 0. The van der Waals surface area contributed by atoms with Crippen molar-refractivity contribution in [2.45, 2.75) is 37.8 Å². The van der Waals surface area contributed by atoms with Gasteiger partial charge >= 0.3 is 0 Å². The lowest BCUT2D eigenvalue weighted by Gasteiger charge is -2.45. The summed E-state index contributed by atoms with van der Waals surface area (Å²) in [6, 6.07) is 6.17. The van der Waals surface area contributed by atoms with Crippen LogP contribution in [0.25, 0.3) is 0 Å². The normalized spacial score (nSPS) is 21.1. The standard InChI is InChI=1S/C22H34N4O3.HI/c1-23-21(24-17-22(7-11-27-12-8-22)26-9-3-4-10-26)25(2)16-18-5-6-19-20(15-18)29-14-13-28-19;/h5-6,15H,3-4,7-14,16-17H2,1-2H3,(H,23,24);1H. The summed E-state index contributed by atoms with van der Waals surface area (Å²) in [7, 11) is 3.94. The molecular weight excluding hydrogens is 495 g/mol. The van der Waals surface area contributed by atoms with Gasteiger partial charge in [-0.15, -0.1) is 24.0 Å². The van der Waals surface area contributed by atoms with E-state index in [2.05, 4.69) is 39.3 Å². The molecule has 3 heterocycles. The number of nitrogens with one attached hydrogen (secondary N) is 1. The van der Waals surface area contributed by atoms with E-state index in [1.54, 1.807) is 0 Å². The number of likely N-dealkylation sites (tertiary alicyclic amines) is 1. The molecule has 3 aliphatic heterocycles. The number of benzene rings is 1. The lowest BCUT2D eigenvalue weighted by atomic mass is 9.88. The number of guanidine groups is 1. The number of hydrogen-bond acceptors (Lipinski definition) is 5. The number of halogens is 1. The van der Waals surface area contributed by atoms with Crippen LogP contribution in [0.3, 0.4) is 0 Å². The van der Waals surface area contributed by atoms with Gasteiger partial charge in [-0.05, 0) is 56.5 Å². The maximum Gasteiger partial charge on any atom is 0.193 e. The van der Waals surface area contributed by atoms with Gasteiger partial charge in [0.1, 0.15) is 13.2 Å². The van der Waals surface area contributed by atoms with Crippen molar-refractivity contribution in [3.63, 3.8) is 0 Å². The summed E-state index contributed by atoms with van der Waals surface area (Å²) in [5, 5.41) is 3.66. The molecule has 3 aliphatic rings. The van der Waals surface area contributed by atoms with Gasteiger partial charge in [0, 0.05) is 45.9 Å². The van der Waals surface area contributed by atoms with Gasteiger partial charge in [-0.25, -0.2) is 0 Å². The number of nitrogens with zero attached hydrogens (tertiary/aromatic N) is 3. The first-order valence-corrected chi connectivity index (χ1v) is 10.8. The van der Waals surface area contributed by atoms with Crippen LogP contribution in [0.4, 0.5) is 0 Å². The molecule has 30 heavy (non-hydrogen) atoms. The van der Waals surface area contributed by atoms with Crippen molar-refractivity contribution in [3.8, 4) is 11.5 Å². The molecule has 4 rings (SSSR count). The predicted molar refractivity (Wildman–Crippen MR) is 129 cm³/mol. The van der Waals surface area contributed by atoms with Crippen molar-refractivity contribution in [1.29, 1.82) is 0 Å². The van der Waals surface area contributed by atoms with Crippen molar-refractivity contribution < 1.29 is 14.2 Å². The molecule has 0 unspecified atom stereocenters. The van der Waals surface area contributed by atoms with Crippen molar-refractivity contribution in [2.24, 2.45) is 4.99 Å².